The molecule has 0 fully saturated rings. The van der Waals surface area contributed by atoms with Gasteiger partial charge in [-0.15, -0.1) is 0 Å². The summed E-state index contributed by atoms with van der Waals surface area (Å²) in [5.74, 6) is 1.40. The highest BCUT2D eigenvalue weighted by Crippen LogP contribution is 2.25. The van der Waals surface area contributed by atoms with Crippen molar-refractivity contribution in [3.05, 3.63) is 48.5 Å². The van der Waals surface area contributed by atoms with Gasteiger partial charge in [0.1, 0.15) is 11.5 Å². The number of unbranched alkanes of at least 4 members (excludes halogenated alkanes) is 3. The van der Waals surface area contributed by atoms with Crippen molar-refractivity contribution >= 4 is 11.4 Å². The van der Waals surface area contributed by atoms with Crippen molar-refractivity contribution in [2.45, 2.75) is 45.3 Å². The first kappa shape index (κ1) is 17.0. The van der Waals surface area contributed by atoms with E-state index in [4.69, 9.17) is 20.9 Å². The van der Waals surface area contributed by atoms with Crippen LogP contribution in [-0.2, 0) is 0 Å². The van der Waals surface area contributed by atoms with Crippen LogP contribution >= 0.6 is 0 Å². The fourth-order valence-corrected chi connectivity index (χ4v) is 2.31. The number of nitrogen functional groups attached to an aromatic ring is 2. The minimum Gasteiger partial charge on any atom is -0.455 e. The highest BCUT2D eigenvalue weighted by atomic mass is 16.7. The molecular formula is C19H26N2O2. The van der Waals surface area contributed by atoms with Crippen molar-refractivity contribution in [2.24, 2.45) is 0 Å². The monoisotopic (exact) mass is 314 g/mol. The lowest BCUT2D eigenvalue weighted by Gasteiger charge is -2.21. The second-order valence-corrected chi connectivity index (χ2v) is 5.62. The topological polar surface area (TPSA) is 70.5 Å². The van der Waals surface area contributed by atoms with Gasteiger partial charge in [-0.05, 0) is 42.8 Å². The van der Waals surface area contributed by atoms with Crippen LogP contribution in [0.3, 0.4) is 0 Å². The van der Waals surface area contributed by atoms with Gasteiger partial charge in [0.2, 0.25) is 6.29 Å². The Balaban J connectivity index is 2.01. The van der Waals surface area contributed by atoms with Gasteiger partial charge in [-0.3, -0.25) is 0 Å². The molecule has 0 saturated heterocycles. The molecule has 1 atom stereocenters. The Morgan fingerprint density at radius 2 is 1.61 bits per heavy atom. The summed E-state index contributed by atoms with van der Waals surface area (Å²) >= 11 is 0. The summed E-state index contributed by atoms with van der Waals surface area (Å²) in [6.45, 7) is 2.20. The molecule has 4 N–H and O–H groups in total. The predicted octanol–water partition coefficient (Wildman–Crippen LogP) is 4.61. The first-order chi connectivity index (χ1) is 11.2. The van der Waals surface area contributed by atoms with Crippen LogP contribution in [0.5, 0.6) is 11.5 Å². The molecule has 4 heteroatoms. The number of rotatable bonds is 9. The Morgan fingerprint density at radius 3 is 2.30 bits per heavy atom. The van der Waals surface area contributed by atoms with E-state index in [1.165, 1.54) is 19.3 Å². The van der Waals surface area contributed by atoms with Gasteiger partial charge in [-0.25, -0.2) is 0 Å². The summed E-state index contributed by atoms with van der Waals surface area (Å²) < 4.78 is 12.0. The summed E-state index contributed by atoms with van der Waals surface area (Å²) in [5, 5.41) is 0. The molecule has 1 unspecified atom stereocenters. The number of anilines is 2. The predicted molar refractivity (Wildman–Crippen MR) is 95.5 cm³/mol. The van der Waals surface area contributed by atoms with Crippen molar-refractivity contribution < 1.29 is 9.47 Å². The SMILES string of the molecule is CCCCCCC(Oc1ccc(N)cc1)Oc1ccccc1N. The van der Waals surface area contributed by atoms with Gasteiger partial charge in [-0.2, -0.15) is 0 Å². The number of para-hydroxylation sites is 2. The molecule has 2 aromatic rings. The average Bonchev–Trinajstić information content (AvgIpc) is 2.55. The molecule has 0 aliphatic carbocycles. The second-order valence-electron chi connectivity index (χ2n) is 5.62. The minimum atomic E-state index is -0.361. The van der Waals surface area contributed by atoms with Gasteiger partial charge in [0, 0.05) is 12.1 Å². The highest BCUT2D eigenvalue weighted by Gasteiger charge is 2.14. The largest absolute Gasteiger partial charge is 0.455 e. The summed E-state index contributed by atoms with van der Waals surface area (Å²) in [6.07, 6.45) is 5.11. The molecule has 2 aromatic carbocycles. The maximum absolute atomic E-state index is 5.98. The van der Waals surface area contributed by atoms with Crippen LogP contribution in [0.15, 0.2) is 48.5 Å². The first-order valence-corrected chi connectivity index (χ1v) is 8.22. The fourth-order valence-electron chi connectivity index (χ4n) is 2.31. The Morgan fingerprint density at radius 1 is 0.870 bits per heavy atom. The van der Waals surface area contributed by atoms with Crippen molar-refractivity contribution in [3.63, 3.8) is 0 Å². The lowest BCUT2D eigenvalue weighted by Crippen LogP contribution is -2.24. The molecule has 0 aliphatic rings. The number of hydrogen-bond acceptors (Lipinski definition) is 4. The van der Waals surface area contributed by atoms with E-state index in [0.29, 0.717) is 17.1 Å². The number of nitrogens with two attached hydrogens (primary N) is 2. The average molecular weight is 314 g/mol. The first-order valence-electron chi connectivity index (χ1n) is 8.22. The molecule has 0 saturated carbocycles. The van der Waals surface area contributed by atoms with Gasteiger partial charge in [0.25, 0.3) is 0 Å². The van der Waals surface area contributed by atoms with Crippen molar-refractivity contribution in [2.75, 3.05) is 11.5 Å². The van der Waals surface area contributed by atoms with Crippen LogP contribution < -0.4 is 20.9 Å². The smallest absolute Gasteiger partial charge is 0.241 e. The normalized spacial score (nSPS) is 11.9. The maximum atomic E-state index is 5.98. The van der Waals surface area contributed by atoms with E-state index >= 15 is 0 Å². The molecular weight excluding hydrogens is 288 g/mol. The lowest BCUT2D eigenvalue weighted by molar-refractivity contribution is -0.00187. The van der Waals surface area contributed by atoms with Gasteiger partial charge < -0.3 is 20.9 Å². The number of ether oxygens (including phenoxy) is 2. The van der Waals surface area contributed by atoms with Crippen LogP contribution in [0, 0.1) is 0 Å². The Bertz CT molecular complexity index is 584. The van der Waals surface area contributed by atoms with Gasteiger partial charge in [0.05, 0.1) is 5.69 Å². The third kappa shape index (κ3) is 5.74. The van der Waals surface area contributed by atoms with E-state index in [1.54, 1.807) is 0 Å². The molecule has 124 valence electrons. The van der Waals surface area contributed by atoms with Gasteiger partial charge in [-0.1, -0.05) is 38.3 Å². The zero-order valence-corrected chi connectivity index (χ0v) is 13.7. The molecule has 2 rings (SSSR count). The van der Waals surface area contributed by atoms with Gasteiger partial charge in [0.15, 0.2) is 0 Å². The maximum Gasteiger partial charge on any atom is 0.241 e. The van der Waals surface area contributed by atoms with E-state index in [9.17, 15) is 0 Å². The third-order valence-electron chi connectivity index (χ3n) is 3.62. The quantitative estimate of drug-likeness (QED) is 0.403. The van der Waals surface area contributed by atoms with E-state index in [2.05, 4.69) is 6.92 Å². The number of benzene rings is 2. The zero-order chi connectivity index (χ0) is 16.5. The summed E-state index contributed by atoms with van der Waals surface area (Å²) in [6, 6.07) is 14.8. The van der Waals surface area contributed by atoms with Crippen molar-refractivity contribution in [1.29, 1.82) is 0 Å². The number of hydrogen-bond donors (Lipinski definition) is 2. The second kappa shape index (κ2) is 8.93. The van der Waals surface area contributed by atoms with E-state index in [-0.39, 0.29) is 6.29 Å². The molecule has 0 aromatic heterocycles. The molecule has 23 heavy (non-hydrogen) atoms. The van der Waals surface area contributed by atoms with E-state index in [0.717, 1.165) is 18.6 Å². The minimum absolute atomic E-state index is 0.361. The molecule has 0 heterocycles. The lowest BCUT2D eigenvalue weighted by atomic mass is 10.1. The molecule has 0 radical (unpaired) electrons. The molecule has 0 aliphatic heterocycles. The molecule has 0 amide bonds. The van der Waals surface area contributed by atoms with Crippen molar-refractivity contribution in [3.8, 4) is 11.5 Å². The standard InChI is InChI=1S/C19H26N2O2/c1-2-3-4-5-10-19(22-16-13-11-15(20)12-14-16)23-18-9-7-6-8-17(18)21/h6-9,11-14,19H,2-5,10,20-21H2,1H3. The summed E-state index contributed by atoms with van der Waals surface area (Å²) in [4.78, 5) is 0. The van der Waals surface area contributed by atoms with Crippen LogP contribution in [-0.4, -0.2) is 6.29 Å². The van der Waals surface area contributed by atoms with Gasteiger partial charge >= 0.3 is 0 Å². The Labute approximate surface area is 138 Å². The summed E-state index contributed by atoms with van der Waals surface area (Å²) in [7, 11) is 0. The fraction of sp³-hybridized carbons (Fsp3) is 0.368. The Hall–Kier alpha value is -2.36. The molecule has 0 bridgehead atoms. The molecule has 0 spiro atoms. The van der Waals surface area contributed by atoms with Crippen LogP contribution in [0.1, 0.15) is 39.0 Å². The third-order valence-corrected chi connectivity index (χ3v) is 3.62. The summed E-state index contributed by atoms with van der Waals surface area (Å²) in [5.41, 5.74) is 13.0. The van der Waals surface area contributed by atoms with E-state index in [1.807, 2.05) is 48.5 Å². The van der Waals surface area contributed by atoms with Crippen LogP contribution in [0.2, 0.25) is 0 Å². The van der Waals surface area contributed by atoms with Crippen LogP contribution in [0.25, 0.3) is 0 Å². The van der Waals surface area contributed by atoms with E-state index < -0.39 is 0 Å². The van der Waals surface area contributed by atoms with Crippen molar-refractivity contribution in [1.82, 2.24) is 0 Å². The zero-order valence-electron chi connectivity index (χ0n) is 13.7. The highest BCUT2D eigenvalue weighted by molar-refractivity contribution is 5.51. The Kier molecular flexibility index (Phi) is 6.60. The molecule has 4 nitrogen and oxygen atoms in total. The van der Waals surface area contributed by atoms with Crippen LogP contribution in [0.4, 0.5) is 11.4 Å².